The molecule has 0 aliphatic carbocycles. The van der Waals surface area contributed by atoms with E-state index >= 15 is 0 Å². The van der Waals surface area contributed by atoms with E-state index < -0.39 is 10.0 Å². The zero-order valence-electron chi connectivity index (χ0n) is 14.3. The van der Waals surface area contributed by atoms with Crippen LogP contribution in [0.15, 0.2) is 24.4 Å². The van der Waals surface area contributed by atoms with Gasteiger partial charge in [-0.15, -0.1) is 0 Å². The van der Waals surface area contributed by atoms with Crippen LogP contribution < -0.4 is 0 Å². The molecule has 2 heterocycles. The molecular weight excluding hydrogens is 326 g/mol. The van der Waals surface area contributed by atoms with E-state index in [0.29, 0.717) is 26.1 Å². The molecule has 0 bridgehead atoms. The smallest absolute Gasteiger partial charge is 0.218 e. The molecule has 0 radical (unpaired) electrons. The maximum atomic E-state index is 12.5. The fourth-order valence-electron chi connectivity index (χ4n) is 3.18. The van der Waals surface area contributed by atoms with E-state index in [1.165, 1.54) is 0 Å². The van der Waals surface area contributed by atoms with Crippen LogP contribution in [0, 0.1) is 5.21 Å². The first-order valence-corrected chi connectivity index (χ1v) is 9.96. The number of fused-ring (bicyclic) bond motifs is 1. The minimum atomic E-state index is -3.24. The Balaban J connectivity index is 1.82. The number of aromatic nitrogens is 1. The lowest BCUT2D eigenvalue weighted by molar-refractivity contribution is -0.839. The Kier molecular flexibility index (Phi) is 4.70. The van der Waals surface area contributed by atoms with Crippen molar-refractivity contribution < 1.29 is 13.1 Å². The summed E-state index contributed by atoms with van der Waals surface area (Å²) in [5, 5.41) is 12.8. The number of benzene rings is 1. The van der Waals surface area contributed by atoms with Crippen molar-refractivity contribution in [2.75, 3.05) is 33.7 Å². The Morgan fingerprint density at radius 1 is 1.25 bits per heavy atom. The zero-order chi connectivity index (χ0) is 17.4. The lowest BCUT2D eigenvalue weighted by atomic mass is 10.1. The summed E-state index contributed by atoms with van der Waals surface area (Å²) in [6.45, 7) is 1.76. The van der Waals surface area contributed by atoms with Crippen LogP contribution in [0.25, 0.3) is 10.9 Å². The van der Waals surface area contributed by atoms with Gasteiger partial charge in [0.25, 0.3) is 0 Å². The molecule has 0 spiro atoms. The second kappa shape index (κ2) is 6.48. The average Bonchev–Trinajstić information content (AvgIpc) is 3.14. The van der Waals surface area contributed by atoms with Crippen LogP contribution in [0.4, 0.5) is 0 Å². The van der Waals surface area contributed by atoms with E-state index in [1.54, 1.807) is 18.4 Å². The van der Waals surface area contributed by atoms with E-state index in [-0.39, 0.29) is 10.4 Å². The maximum absolute atomic E-state index is 12.5. The number of hydroxylamine groups is 3. The van der Waals surface area contributed by atoms with Crippen molar-refractivity contribution in [3.8, 4) is 0 Å². The number of sulfonamides is 1. The number of nitrogens with one attached hydrogen (secondary N) is 1. The molecule has 1 N–H and O–H groups in total. The number of aromatic amines is 1. The van der Waals surface area contributed by atoms with Gasteiger partial charge in [-0.1, -0.05) is 6.07 Å². The molecule has 0 saturated carbocycles. The number of rotatable bonds is 6. The molecule has 0 amide bonds. The lowest BCUT2D eigenvalue weighted by Crippen LogP contribution is -2.34. The van der Waals surface area contributed by atoms with E-state index in [1.807, 2.05) is 24.4 Å². The lowest BCUT2D eigenvalue weighted by Gasteiger charge is -2.33. The van der Waals surface area contributed by atoms with E-state index in [2.05, 4.69) is 4.98 Å². The van der Waals surface area contributed by atoms with Crippen LogP contribution in [0.1, 0.15) is 24.0 Å². The van der Waals surface area contributed by atoms with Crippen molar-refractivity contribution in [2.45, 2.75) is 25.0 Å². The summed E-state index contributed by atoms with van der Waals surface area (Å²) in [5.74, 6) is 0.0384. The van der Waals surface area contributed by atoms with Crippen LogP contribution in [-0.2, 0) is 22.2 Å². The Bertz CT molecular complexity index is 815. The maximum Gasteiger partial charge on any atom is 0.218 e. The third kappa shape index (κ3) is 3.97. The van der Waals surface area contributed by atoms with Gasteiger partial charge in [-0.05, 0) is 36.1 Å². The van der Waals surface area contributed by atoms with Crippen molar-refractivity contribution in [2.24, 2.45) is 0 Å². The number of hydrogen-bond donors (Lipinski definition) is 1. The molecule has 24 heavy (non-hydrogen) atoms. The fraction of sp³-hybridized carbons (Fsp3) is 0.529. The predicted octanol–water partition coefficient (Wildman–Crippen LogP) is 2.21. The Morgan fingerprint density at radius 2 is 1.96 bits per heavy atom. The number of likely N-dealkylation sites (N-methyl/N-ethyl adjacent to an activating group) is 1. The first-order valence-electron chi connectivity index (χ1n) is 8.35. The highest BCUT2D eigenvalue weighted by molar-refractivity contribution is 7.88. The van der Waals surface area contributed by atoms with E-state index in [9.17, 15) is 13.6 Å². The number of hydrogen-bond acceptors (Lipinski definition) is 3. The molecule has 132 valence electrons. The summed E-state index contributed by atoms with van der Waals surface area (Å²) in [4.78, 5) is 3.20. The molecule has 6 nitrogen and oxygen atoms in total. The van der Waals surface area contributed by atoms with Gasteiger partial charge in [-0.2, -0.15) is 0 Å². The van der Waals surface area contributed by atoms with Crippen molar-refractivity contribution in [1.82, 2.24) is 9.29 Å². The zero-order valence-corrected chi connectivity index (χ0v) is 15.1. The largest absolute Gasteiger partial charge is 0.633 e. The van der Waals surface area contributed by atoms with Crippen LogP contribution in [0.5, 0.6) is 0 Å². The molecule has 1 aromatic carbocycles. The van der Waals surface area contributed by atoms with Gasteiger partial charge < -0.3 is 14.8 Å². The van der Waals surface area contributed by atoms with Gasteiger partial charge in [0, 0.05) is 36.6 Å². The minimum Gasteiger partial charge on any atom is -0.633 e. The second-order valence-corrected chi connectivity index (χ2v) is 9.07. The van der Waals surface area contributed by atoms with Crippen LogP contribution >= 0.6 is 0 Å². The topological polar surface area (TPSA) is 76.2 Å². The molecule has 2 aromatic rings. The molecule has 1 aromatic heterocycles. The molecule has 1 fully saturated rings. The standard InChI is InChI=1S/C17H25N3O3S/c1-20(2,21)10-7-15-12-18-17-6-5-14(11-16(15)17)13-24(22,23)19-8-3-4-9-19/h5-6,11-12,18H,3-4,7-10,13H2,1-2H3. The molecule has 1 aliphatic heterocycles. The Labute approximate surface area is 143 Å². The van der Waals surface area contributed by atoms with Crippen molar-refractivity contribution >= 4 is 20.9 Å². The highest BCUT2D eigenvalue weighted by atomic mass is 32.2. The van der Waals surface area contributed by atoms with Gasteiger partial charge in [0.15, 0.2) is 0 Å². The van der Waals surface area contributed by atoms with E-state index in [4.69, 9.17) is 0 Å². The first kappa shape index (κ1) is 17.4. The van der Waals surface area contributed by atoms with Gasteiger partial charge in [-0.25, -0.2) is 12.7 Å². The summed E-state index contributed by atoms with van der Waals surface area (Å²) in [7, 11) is 0.0126. The van der Waals surface area contributed by atoms with Crippen LogP contribution in [-0.4, -0.2) is 56.1 Å². The summed E-state index contributed by atoms with van der Waals surface area (Å²) < 4.78 is 26.2. The highest BCUT2D eigenvalue weighted by Gasteiger charge is 2.25. The third-order valence-corrected chi connectivity index (χ3v) is 6.41. The Morgan fingerprint density at radius 3 is 2.62 bits per heavy atom. The highest BCUT2D eigenvalue weighted by Crippen LogP contribution is 2.23. The summed E-state index contributed by atoms with van der Waals surface area (Å²) >= 11 is 0. The molecule has 1 aliphatic rings. The van der Waals surface area contributed by atoms with Crippen molar-refractivity contribution in [3.63, 3.8) is 0 Å². The number of quaternary nitrogens is 1. The number of nitrogens with zero attached hydrogens (tertiary/aromatic N) is 2. The van der Waals surface area contributed by atoms with Gasteiger partial charge in [0.2, 0.25) is 10.0 Å². The van der Waals surface area contributed by atoms with E-state index in [0.717, 1.165) is 34.9 Å². The second-order valence-electron chi connectivity index (χ2n) is 7.10. The third-order valence-electron chi connectivity index (χ3n) is 4.56. The van der Waals surface area contributed by atoms with Gasteiger partial charge >= 0.3 is 0 Å². The van der Waals surface area contributed by atoms with Crippen LogP contribution in [0.2, 0.25) is 0 Å². The molecule has 0 atom stereocenters. The van der Waals surface area contributed by atoms with Crippen LogP contribution in [0.3, 0.4) is 0 Å². The van der Waals surface area contributed by atoms with Gasteiger partial charge in [0.05, 0.1) is 26.4 Å². The van der Waals surface area contributed by atoms with Gasteiger partial charge in [0.1, 0.15) is 0 Å². The first-order chi connectivity index (χ1) is 11.2. The minimum absolute atomic E-state index is 0.0384. The number of H-pyrrole nitrogens is 1. The summed E-state index contributed by atoms with van der Waals surface area (Å²) in [5.41, 5.74) is 2.84. The quantitative estimate of drug-likeness (QED) is 0.640. The summed E-state index contributed by atoms with van der Waals surface area (Å²) in [6.07, 6.45) is 4.48. The predicted molar refractivity (Wildman–Crippen MR) is 95.8 cm³/mol. The summed E-state index contributed by atoms with van der Waals surface area (Å²) in [6, 6.07) is 5.73. The molecule has 0 unspecified atom stereocenters. The van der Waals surface area contributed by atoms with Crippen molar-refractivity contribution in [1.29, 1.82) is 0 Å². The normalized spacial score (nSPS) is 17.0. The monoisotopic (exact) mass is 351 g/mol. The fourth-order valence-corrected chi connectivity index (χ4v) is 4.78. The van der Waals surface area contributed by atoms with Gasteiger partial charge in [-0.3, -0.25) is 0 Å². The molecule has 1 saturated heterocycles. The molecular formula is C17H25N3O3S. The Hall–Kier alpha value is -1.41. The molecule has 7 heteroatoms. The average molecular weight is 351 g/mol. The van der Waals surface area contributed by atoms with Crippen molar-refractivity contribution in [3.05, 3.63) is 40.7 Å². The SMILES string of the molecule is C[N+](C)([O-])CCc1c[nH]c2ccc(CS(=O)(=O)N3CCCC3)cc12. The molecule has 3 rings (SSSR count).